The maximum Gasteiger partial charge on any atom is 0.258 e. The molecule has 42 heavy (non-hydrogen) atoms. The summed E-state index contributed by atoms with van der Waals surface area (Å²) in [4.78, 5) is 28.3. The van der Waals surface area contributed by atoms with Gasteiger partial charge in [-0.3, -0.25) is 14.3 Å². The Morgan fingerprint density at radius 1 is 1.10 bits per heavy atom. The Labute approximate surface area is 248 Å². The molecular formula is C35H40N4O3. The minimum atomic E-state index is -0.250. The van der Waals surface area contributed by atoms with Gasteiger partial charge in [0.2, 0.25) is 0 Å². The van der Waals surface area contributed by atoms with Gasteiger partial charge in [-0.2, -0.15) is 5.10 Å². The molecule has 218 valence electrons. The average Bonchev–Trinajstić information content (AvgIpc) is 3.63. The van der Waals surface area contributed by atoms with Gasteiger partial charge in [0.1, 0.15) is 5.75 Å². The highest BCUT2D eigenvalue weighted by atomic mass is 16.5. The molecule has 0 saturated heterocycles. The van der Waals surface area contributed by atoms with Crippen LogP contribution in [0.25, 0.3) is 6.08 Å². The van der Waals surface area contributed by atoms with Crippen LogP contribution in [0, 0.1) is 5.41 Å². The normalized spacial score (nSPS) is 14.8. The number of carbonyl (C=O) groups is 2. The smallest absolute Gasteiger partial charge is 0.258 e. The number of amides is 1. The molecule has 5 rings (SSSR count). The molecule has 0 saturated carbocycles. The van der Waals surface area contributed by atoms with E-state index < -0.39 is 0 Å². The topological polar surface area (TPSA) is 76.5 Å². The van der Waals surface area contributed by atoms with Crippen molar-refractivity contribution in [3.8, 4) is 5.75 Å². The van der Waals surface area contributed by atoms with Crippen LogP contribution < -0.4 is 10.1 Å². The van der Waals surface area contributed by atoms with Gasteiger partial charge in [0.25, 0.3) is 5.91 Å². The van der Waals surface area contributed by atoms with Crippen LogP contribution in [0.2, 0.25) is 0 Å². The lowest BCUT2D eigenvalue weighted by molar-refractivity contribution is -0.114. The second-order valence-corrected chi connectivity index (χ2v) is 11.8. The van der Waals surface area contributed by atoms with E-state index in [1.807, 2.05) is 36.4 Å². The van der Waals surface area contributed by atoms with Gasteiger partial charge in [0.15, 0.2) is 5.78 Å². The lowest BCUT2D eigenvalue weighted by Crippen LogP contribution is -2.37. The Morgan fingerprint density at radius 2 is 1.88 bits per heavy atom. The van der Waals surface area contributed by atoms with Crippen LogP contribution in [0.1, 0.15) is 61.2 Å². The molecule has 1 heterocycles. The van der Waals surface area contributed by atoms with Gasteiger partial charge in [-0.25, -0.2) is 0 Å². The molecular weight excluding hydrogens is 524 g/mol. The zero-order valence-corrected chi connectivity index (χ0v) is 25.0. The van der Waals surface area contributed by atoms with E-state index in [0.29, 0.717) is 36.4 Å². The number of fused-ring (bicyclic) bond motifs is 1. The molecule has 0 radical (unpaired) electrons. The predicted octanol–water partition coefficient (Wildman–Crippen LogP) is 5.83. The average molecular weight is 565 g/mol. The molecule has 2 aliphatic rings. The number of carbonyl (C=O) groups excluding carboxylic acids is 2. The largest absolute Gasteiger partial charge is 0.493 e. The van der Waals surface area contributed by atoms with E-state index in [1.54, 1.807) is 29.2 Å². The number of nitrogens with one attached hydrogen (secondary N) is 1. The predicted molar refractivity (Wildman–Crippen MR) is 166 cm³/mol. The fourth-order valence-corrected chi connectivity index (χ4v) is 5.46. The van der Waals surface area contributed by atoms with E-state index in [2.05, 4.69) is 61.2 Å². The first-order chi connectivity index (χ1) is 20.2. The Hall–Kier alpha value is -4.23. The second kappa shape index (κ2) is 12.7. The summed E-state index contributed by atoms with van der Waals surface area (Å²) in [6, 6.07) is 16.2. The zero-order valence-electron chi connectivity index (χ0n) is 25.0. The fraction of sp³-hybridized carbons (Fsp3) is 0.343. The molecule has 7 heteroatoms. The molecule has 0 aliphatic heterocycles. The third-order valence-corrected chi connectivity index (χ3v) is 7.80. The van der Waals surface area contributed by atoms with Crippen molar-refractivity contribution in [2.45, 2.75) is 47.1 Å². The molecule has 7 nitrogen and oxygen atoms in total. The Morgan fingerprint density at radius 3 is 2.64 bits per heavy atom. The summed E-state index contributed by atoms with van der Waals surface area (Å²) in [7, 11) is 0. The highest BCUT2D eigenvalue weighted by Gasteiger charge is 2.25. The molecule has 1 amide bonds. The molecule has 0 bridgehead atoms. The van der Waals surface area contributed by atoms with Crippen molar-refractivity contribution in [3.63, 3.8) is 0 Å². The molecule has 3 aromatic rings. The number of aromatic nitrogens is 2. The quantitative estimate of drug-likeness (QED) is 0.300. The van der Waals surface area contributed by atoms with Crippen molar-refractivity contribution in [2.75, 3.05) is 26.2 Å². The maximum absolute atomic E-state index is 13.0. The van der Waals surface area contributed by atoms with Crippen molar-refractivity contribution in [1.29, 1.82) is 0 Å². The van der Waals surface area contributed by atoms with Crippen molar-refractivity contribution in [2.24, 2.45) is 5.41 Å². The van der Waals surface area contributed by atoms with E-state index >= 15 is 0 Å². The second-order valence-electron chi connectivity index (χ2n) is 11.8. The van der Waals surface area contributed by atoms with E-state index in [0.717, 1.165) is 42.1 Å². The fourth-order valence-electron chi connectivity index (χ4n) is 5.46. The van der Waals surface area contributed by atoms with Crippen LogP contribution in [0.15, 0.2) is 89.9 Å². The van der Waals surface area contributed by atoms with Crippen LogP contribution in [0.3, 0.4) is 0 Å². The SMILES string of the molecule is CCN(CC)CC(C)(C)COc1ccc2c(c1)C=C(C1=CC(NC(=O)c3cnn(Cc4ccccc4)c3)=CCC1=O)C2. The summed E-state index contributed by atoms with van der Waals surface area (Å²) in [6.45, 7) is 13.1. The molecule has 0 spiro atoms. The number of hydrogen-bond donors (Lipinski definition) is 1. The Balaban J connectivity index is 1.23. The molecule has 1 N–H and O–H groups in total. The summed E-state index contributed by atoms with van der Waals surface area (Å²) < 4.78 is 7.97. The van der Waals surface area contributed by atoms with Gasteiger partial charge in [-0.1, -0.05) is 76.2 Å². The lowest BCUT2D eigenvalue weighted by atomic mass is 9.93. The zero-order chi connectivity index (χ0) is 29.7. The van der Waals surface area contributed by atoms with Crippen molar-refractivity contribution < 1.29 is 14.3 Å². The standard InChI is InChI=1S/C35H40N4O3/c1-5-38(6-2)23-35(3,4)24-42-31-14-12-26-16-28(17-27(26)18-31)32-19-30(13-15-33(32)40)37-34(41)29-20-36-39(22-29)21-25-10-8-7-9-11-25/h7-14,17-20,22H,5-6,15-16,21,23-24H2,1-4H3,(H,37,41). The Bertz CT molecular complexity index is 1540. The first-order valence-corrected chi connectivity index (χ1v) is 14.7. The number of Topliss-reactive ketones (excluding diaryl/α,β-unsaturated/α-hetero) is 1. The monoisotopic (exact) mass is 564 g/mol. The summed E-state index contributed by atoms with van der Waals surface area (Å²) in [5, 5.41) is 7.30. The van der Waals surface area contributed by atoms with E-state index in [-0.39, 0.29) is 23.5 Å². The molecule has 2 aromatic carbocycles. The van der Waals surface area contributed by atoms with Crippen LogP contribution in [-0.4, -0.2) is 52.6 Å². The molecule has 0 fully saturated rings. The van der Waals surface area contributed by atoms with Crippen molar-refractivity contribution in [1.82, 2.24) is 20.0 Å². The van der Waals surface area contributed by atoms with Crippen LogP contribution in [-0.2, 0) is 17.8 Å². The molecule has 2 aliphatic carbocycles. The maximum atomic E-state index is 13.0. The van der Waals surface area contributed by atoms with Gasteiger partial charge in [0.05, 0.1) is 24.9 Å². The highest BCUT2D eigenvalue weighted by Crippen LogP contribution is 2.34. The van der Waals surface area contributed by atoms with Gasteiger partial charge >= 0.3 is 0 Å². The Kier molecular flexibility index (Phi) is 8.88. The van der Waals surface area contributed by atoms with Crippen LogP contribution in [0.4, 0.5) is 0 Å². The third kappa shape index (κ3) is 7.15. The van der Waals surface area contributed by atoms with Gasteiger partial charge in [0, 0.05) is 35.8 Å². The molecule has 0 unspecified atom stereocenters. The molecule has 0 atom stereocenters. The number of benzene rings is 2. The summed E-state index contributed by atoms with van der Waals surface area (Å²) >= 11 is 0. The van der Waals surface area contributed by atoms with Gasteiger partial charge in [-0.15, -0.1) is 0 Å². The number of ketones is 1. The van der Waals surface area contributed by atoms with Crippen LogP contribution >= 0.6 is 0 Å². The van der Waals surface area contributed by atoms with Gasteiger partial charge in [-0.05, 0) is 60.0 Å². The number of rotatable bonds is 12. The minimum absolute atomic E-state index is 0.0269. The lowest BCUT2D eigenvalue weighted by Gasteiger charge is -2.31. The number of nitrogens with zero attached hydrogens (tertiary/aromatic N) is 3. The van der Waals surface area contributed by atoms with Crippen molar-refractivity contribution in [3.05, 3.63) is 112 Å². The summed E-state index contributed by atoms with van der Waals surface area (Å²) in [6.07, 6.45) is 9.87. The number of allylic oxidation sites excluding steroid dienone is 4. The van der Waals surface area contributed by atoms with Gasteiger partial charge < -0.3 is 15.0 Å². The van der Waals surface area contributed by atoms with Crippen molar-refractivity contribution >= 4 is 17.8 Å². The summed E-state index contributed by atoms with van der Waals surface area (Å²) in [5.74, 6) is 0.640. The van der Waals surface area contributed by atoms with E-state index in [1.165, 1.54) is 5.56 Å². The van der Waals surface area contributed by atoms with E-state index in [4.69, 9.17) is 4.74 Å². The first kappa shape index (κ1) is 29.3. The first-order valence-electron chi connectivity index (χ1n) is 14.7. The number of hydrogen-bond acceptors (Lipinski definition) is 5. The van der Waals surface area contributed by atoms with E-state index in [9.17, 15) is 9.59 Å². The number of ether oxygens (including phenoxy) is 1. The summed E-state index contributed by atoms with van der Waals surface area (Å²) in [5.41, 5.74) is 6.08. The molecule has 1 aromatic heterocycles. The van der Waals surface area contributed by atoms with Crippen LogP contribution in [0.5, 0.6) is 5.75 Å². The third-order valence-electron chi connectivity index (χ3n) is 7.80. The minimum Gasteiger partial charge on any atom is -0.493 e. The highest BCUT2D eigenvalue weighted by molar-refractivity contribution is 6.04.